The van der Waals surface area contributed by atoms with Gasteiger partial charge in [0.15, 0.2) is 0 Å². The van der Waals surface area contributed by atoms with E-state index < -0.39 is 11.7 Å². The van der Waals surface area contributed by atoms with Crippen LogP contribution < -0.4 is 0 Å². The fourth-order valence-corrected chi connectivity index (χ4v) is 4.61. The lowest BCUT2D eigenvalue weighted by molar-refractivity contribution is -0.131. The summed E-state index contributed by atoms with van der Waals surface area (Å²) < 4.78 is 6.69. The SMILES string of the molecule is O=C(CCl)N(Cc1ccccc1)C[C@H](O)COC(c1ccccc1)(c1ccccc1)c1ccccc1. The van der Waals surface area contributed by atoms with Crippen LogP contribution in [0.4, 0.5) is 0 Å². The van der Waals surface area contributed by atoms with Gasteiger partial charge in [-0.2, -0.15) is 0 Å². The average Bonchev–Trinajstić information content (AvgIpc) is 2.95. The lowest BCUT2D eigenvalue weighted by Gasteiger charge is -2.37. The largest absolute Gasteiger partial charge is 0.389 e. The summed E-state index contributed by atoms with van der Waals surface area (Å²) in [4.78, 5) is 14.1. The zero-order valence-electron chi connectivity index (χ0n) is 20.0. The van der Waals surface area contributed by atoms with Crippen LogP contribution >= 0.6 is 11.6 Å². The van der Waals surface area contributed by atoms with Crippen LogP contribution in [0.3, 0.4) is 0 Å². The van der Waals surface area contributed by atoms with Crippen molar-refractivity contribution in [3.05, 3.63) is 144 Å². The Kier molecular flexibility index (Phi) is 8.90. The maximum Gasteiger partial charge on any atom is 0.237 e. The Bertz CT molecular complexity index is 1110. The lowest BCUT2D eigenvalue weighted by atomic mass is 9.80. The third-order valence-corrected chi connectivity index (χ3v) is 6.38. The summed E-state index contributed by atoms with van der Waals surface area (Å²) in [5.74, 6) is -0.387. The Labute approximate surface area is 217 Å². The average molecular weight is 500 g/mol. The number of alkyl halides is 1. The van der Waals surface area contributed by atoms with Crippen LogP contribution in [0.5, 0.6) is 0 Å². The predicted octanol–water partition coefficient (Wildman–Crippen LogP) is 5.62. The molecule has 1 atom stereocenters. The minimum Gasteiger partial charge on any atom is -0.389 e. The summed E-state index contributed by atoms with van der Waals surface area (Å²) in [5.41, 5.74) is 2.88. The van der Waals surface area contributed by atoms with Crippen molar-refractivity contribution in [1.29, 1.82) is 0 Å². The quantitative estimate of drug-likeness (QED) is 0.215. The van der Waals surface area contributed by atoms with Gasteiger partial charge < -0.3 is 14.7 Å². The second-order valence-electron chi connectivity index (χ2n) is 8.64. The third kappa shape index (κ3) is 6.03. The van der Waals surface area contributed by atoms with E-state index in [0.717, 1.165) is 22.3 Å². The number of carbonyl (C=O) groups is 1. The molecule has 0 bridgehead atoms. The van der Waals surface area contributed by atoms with Crippen LogP contribution in [0, 0.1) is 0 Å². The number of aliphatic hydroxyl groups is 1. The molecule has 36 heavy (non-hydrogen) atoms. The predicted molar refractivity (Wildman–Crippen MR) is 144 cm³/mol. The third-order valence-electron chi connectivity index (χ3n) is 6.15. The van der Waals surface area contributed by atoms with Gasteiger partial charge in [-0.15, -0.1) is 11.6 Å². The number of halogens is 1. The Hall–Kier alpha value is -3.44. The first-order valence-electron chi connectivity index (χ1n) is 12.0. The van der Waals surface area contributed by atoms with E-state index in [1.165, 1.54) is 0 Å². The first-order chi connectivity index (χ1) is 17.6. The van der Waals surface area contributed by atoms with Crippen LogP contribution in [0.15, 0.2) is 121 Å². The van der Waals surface area contributed by atoms with Crippen LogP contribution in [-0.4, -0.2) is 41.0 Å². The van der Waals surface area contributed by atoms with Gasteiger partial charge in [0.05, 0.1) is 12.7 Å². The zero-order valence-corrected chi connectivity index (χ0v) is 20.8. The van der Waals surface area contributed by atoms with E-state index in [1.54, 1.807) is 4.90 Å². The van der Waals surface area contributed by atoms with Gasteiger partial charge >= 0.3 is 0 Å². The Morgan fingerprint density at radius 3 is 1.58 bits per heavy atom. The highest BCUT2D eigenvalue weighted by Crippen LogP contribution is 2.40. The number of aliphatic hydroxyl groups excluding tert-OH is 1. The van der Waals surface area contributed by atoms with Gasteiger partial charge in [0.2, 0.25) is 5.91 Å². The zero-order chi connectivity index (χ0) is 25.2. The normalized spacial score (nSPS) is 12.2. The highest BCUT2D eigenvalue weighted by molar-refractivity contribution is 6.27. The molecule has 0 aliphatic carbocycles. The molecule has 0 spiro atoms. The maximum absolute atomic E-state index is 12.6. The van der Waals surface area contributed by atoms with Crippen molar-refractivity contribution in [2.45, 2.75) is 18.2 Å². The van der Waals surface area contributed by atoms with Gasteiger partial charge in [0.25, 0.3) is 0 Å². The van der Waals surface area contributed by atoms with Gasteiger partial charge in [0.1, 0.15) is 11.5 Å². The van der Waals surface area contributed by atoms with Crippen LogP contribution in [-0.2, 0) is 21.7 Å². The van der Waals surface area contributed by atoms with Crippen molar-refractivity contribution in [2.24, 2.45) is 0 Å². The van der Waals surface area contributed by atoms with Gasteiger partial charge in [-0.1, -0.05) is 121 Å². The number of nitrogens with zero attached hydrogens (tertiary/aromatic N) is 1. The van der Waals surface area contributed by atoms with Crippen LogP contribution in [0.25, 0.3) is 0 Å². The molecule has 0 aliphatic heterocycles. The molecule has 4 rings (SSSR count). The first kappa shape index (κ1) is 25.6. The summed E-state index contributed by atoms with van der Waals surface area (Å²) >= 11 is 5.88. The van der Waals surface area contributed by atoms with Crippen molar-refractivity contribution in [1.82, 2.24) is 4.90 Å². The van der Waals surface area contributed by atoms with Crippen molar-refractivity contribution in [3.8, 4) is 0 Å². The molecule has 0 saturated heterocycles. The number of ether oxygens (including phenoxy) is 1. The molecule has 184 valence electrons. The number of hydrogen-bond donors (Lipinski definition) is 1. The molecule has 4 nitrogen and oxygen atoms in total. The minimum atomic E-state index is -0.939. The van der Waals surface area contributed by atoms with Crippen molar-refractivity contribution < 1.29 is 14.6 Å². The number of carbonyl (C=O) groups excluding carboxylic acids is 1. The highest BCUT2D eigenvalue weighted by Gasteiger charge is 2.38. The van der Waals surface area contributed by atoms with Crippen LogP contribution in [0.2, 0.25) is 0 Å². The molecular formula is C31H30ClNO3. The minimum absolute atomic E-state index is 0.0134. The second kappa shape index (κ2) is 12.5. The molecule has 0 aliphatic rings. The molecular weight excluding hydrogens is 470 g/mol. The van der Waals surface area contributed by atoms with Crippen molar-refractivity contribution in [3.63, 3.8) is 0 Å². The van der Waals surface area contributed by atoms with Gasteiger partial charge in [0, 0.05) is 13.1 Å². The topological polar surface area (TPSA) is 49.8 Å². The van der Waals surface area contributed by atoms with Crippen molar-refractivity contribution >= 4 is 17.5 Å². The smallest absolute Gasteiger partial charge is 0.237 e. The fourth-order valence-electron chi connectivity index (χ4n) is 4.44. The van der Waals surface area contributed by atoms with Crippen LogP contribution in [0.1, 0.15) is 22.3 Å². The molecule has 0 unspecified atom stereocenters. The molecule has 4 aromatic carbocycles. The molecule has 0 fully saturated rings. The summed E-state index contributed by atoms with van der Waals surface area (Å²) in [6.45, 7) is 0.485. The Morgan fingerprint density at radius 1 is 0.750 bits per heavy atom. The summed E-state index contributed by atoms with van der Waals surface area (Å²) in [6, 6.07) is 39.7. The van der Waals surface area contributed by atoms with Gasteiger partial charge in [-0.25, -0.2) is 0 Å². The lowest BCUT2D eigenvalue weighted by Crippen LogP contribution is -2.42. The summed E-state index contributed by atoms with van der Waals surface area (Å²) in [5, 5.41) is 11.1. The number of benzene rings is 4. The van der Waals surface area contributed by atoms with Gasteiger partial charge in [-0.05, 0) is 22.3 Å². The Balaban J connectivity index is 1.63. The maximum atomic E-state index is 12.6. The van der Waals surface area contributed by atoms with E-state index in [-0.39, 0.29) is 24.9 Å². The molecule has 0 heterocycles. The number of amides is 1. The molecule has 5 heteroatoms. The molecule has 1 amide bonds. The van der Waals surface area contributed by atoms with E-state index in [1.807, 2.05) is 121 Å². The molecule has 0 aromatic heterocycles. The first-order valence-corrected chi connectivity index (χ1v) is 12.5. The van der Waals surface area contributed by atoms with E-state index in [2.05, 4.69) is 0 Å². The highest BCUT2D eigenvalue weighted by atomic mass is 35.5. The standard InChI is InChI=1S/C31H30ClNO3/c32-21-30(35)33(22-25-13-5-1-6-14-25)23-29(34)24-36-31(26-15-7-2-8-16-26,27-17-9-3-10-18-27)28-19-11-4-12-20-28/h1-20,29,34H,21-24H2/t29-/m0/s1. The van der Waals surface area contributed by atoms with E-state index in [0.29, 0.717) is 6.54 Å². The summed E-state index contributed by atoms with van der Waals surface area (Å²) in [6.07, 6.45) is -0.920. The van der Waals surface area contributed by atoms with E-state index in [4.69, 9.17) is 16.3 Å². The van der Waals surface area contributed by atoms with Crippen molar-refractivity contribution in [2.75, 3.05) is 19.0 Å². The van der Waals surface area contributed by atoms with Gasteiger partial charge in [-0.3, -0.25) is 4.79 Å². The number of rotatable bonds is 11. The molecule has 0 radical (unpaired) electrons. The monoisotopic (exact) mass is 499 g/mol. The number of hydrogen-bond acceptors (Lipinski definition) is 3. The second-order valence-corrected chi connectivity index (χ2v) is 8.90. The summed E-state index contributed by atoms with van der Waals surface area (Å²) in [7, 11) is 0. The van der Waals surface area contributed by atoms with E-state index >= 15 is 0 Å². The fraction of sp³-hybridized carbons (Fsp3) is 0.194. The molecule has 1 N–H and O–H groups in total. The molecule has 4 aromatic rings. The Morgan fingerprint density at radius 2 is 1.17 bits per heavy atom. The van der Waals surface area contributed by atoms with E-state index in [9.17, 15) is 9.90 Å². The molecule has 0 saturated carbocycles.